The number of anilines is 3. The first kappa shape index (κ1) is 26.1. The number of carbonyl (C=O) groups excluding carboxylic acids is 1. The van der Waals surface area contributed by atoms with Crippen LogP contribution < -0.4 is 20.1 Å². The van der Waals surface area contributed by atoms with E-state index in [4.69, 9.17) is 9.47 Å². The second-order valence-corrected chi connectivity index (χ2v) is 9.23. The number of aliphatic hydroxyl groups excluding tert-OH is 1. The summed E-state index contributed by atoms with van der Waals surface area (Å²) in [6.07, 6.45) is 7.11. The summed E-state index contributed by atoms with van der Waals surface area (Å²) in [6.45, 7) is 0.889. The van der Waals surface area contributed by atoms with Crippen LogP contribution in [0.25, 0.3) is 10.9 Å². The van der Waals surface area contributed by atoms with E-state index >= 15 is 0 Å². The van der Waals surface area contributed by atoms with Crippen molar-refractivity contribution >= 4 is 34.0 Å². The number of hydrogen-bond donors (Lipinski definition) is 3. The van der Waals surface area contributed by atoms with Gasteiger partial charge in [0.1, 0.15) is 30.3 Å². The highest BCUT2D eigenvalue weighted by atomic mass is 16.5. The van der Waals surface area contributed by atoms with Gasteiger partial charge in [-0.3, -0.25) is 9.69 Å². The van der Waals surface area contributed by atoms with Gasteiger partial charge in [-0.1, -0.05) is 24.3 Å². The van der Waals surface area contributed by atoms with Gasteiger partial charge < -0.3 is 25.2 Å². The normalized spacial score (nSPS) is 15.5. The van der Waals surface area contributed by atoms with Crippen LogP contribution in [0.2, 0.25) is 0 Å². The van der Waals surface area contributed by atoms with Crippen LogP contribution in [-0.4, -0.2) is 58.7 Å². The standard InChI is InChI=1S/C30H31N5O4/c1-35-17-5-6-22(35)11-16-27(37)34-26-15-14-25-28(29(26)38-19-18-36)30(32-20-31-25)33-21-9-12-24(13-10-21)39-23-7-3-2-4-8-23/h2-4,7-16,20,22,36H,5-6,17-19H2,1H3,(H,34,37)(H,31,32,33)/b16-11+/t22-/m1/s1. The summed E-state index contributed by atoms with van der Waals surface area (Å²) in [6, 6.07) is 20.9. The zero-order valence-electron chi connectivity index (χ0n) is 21.7. The maximum absolute atomic E-state index is 12.8. The predicted octanol–water partition coefficient (Wildman–Crippen LogP) is 5.13. The number of rotatable bonds is 10. The van der Waals surface area contributed by atoms with Gasteiger partial charge in [0.25, 0.3) is 0 Å². The van der Waals surface area contributed by atoms with Crippen molar-refractivity contribution in [3.8, 4) is 17.2 Å². The summed E-state index contributed by atoms with van der Waals surface area (Å²) in [7, 11) is 2.06. The van der Waals surface area contributed by atoms with Crippen LogP contribution in [0.15, 0.2) is 85.2 Å². The molecular weight excluding hydrogens is 494 g/mol. The predicted molar refractivity (Wildman–Crippen MR) is 152 cm³/mol. The Labute approximate surface area is 227 Å². The number of fused-ring (bicyclic) bond motifs is 1. The minimum atomic E-state index is -0.260. The van der Waals surface area contributed by atoms with Crippen molar-refractivity contribution in [1.29, 1.82) is 0 Å². The van der Waals surface area contributed by atoms with Gasteiger partial charge in [0.05, 0.1) is 23.2 Å². The Morgan fingerprint density at radius 2 is 1.87 bits per heavy atom. The third kappa shape index (κ3) is 6.51. The molecule has 2 heterocycles. The van der Waals surface area contributed by atoms with Crippen molar-refractivity contribution in [2.24, 2.45) is 0 Å². The monoisotopic (exact) mass is 525 g/mol. The van der Waals surface area contributed by atoms with Gasteiger partial charge in [-0.15, -0.1) is 0 Å². The number of likely N-dealkylation sites (N-methyl/N-ethyl adjacent to an activating group) is 1. The van der Waals surface area contributed by atoms with Crippen LogP contribution >= 0.6 is 0 Å². The van der Waals surface area contributed by atoms with Gasteiger partial charge in [-0.25, -0.2) is 9.97 Å². The summed E-state index contributed by atoms with van der Waals surface area (Å²) in [5, 5.41) is 16.3. The van der Waals surface area contributed by atoms with Gasteiger partial charge in [0.15, 0.2) is 5.75 Å². The third-order valence-corrected chi connectivity index (χ3v) is 6.49. The Morgan fingerprint density at radius 1 is 1.08 bits per heavy atom. The minimum absolute atomic E-state index is 0.0462. The number of para-hydroxylation sites is 1. The van der Waals surface area contributed by atoms with Gasteiger partial charge in [0, 0.05) is 17.8 Å². The summed E-state index contributed by atoms with van der Waals surface area (Å²) in [5.74, 6) is 2.08. The van der Waals surface area contributed by atoms with E-state index in [9.17, 15) is 9.90 Å². The highest BCUT2D eigenvalue weighted by molar-refractivity contribution is 6.06. The average molecular weight is 526 g/mol. The minimum Gasteiger partial charge on any atom is -0.488 e. The van der Waals surface area contributed by atoms with Crippen LogP contribution in [0.1, 0.15) is 12.8 Å². The highest BCUT2D eigenvalue weighted by Gasteiger charge is 2.19. The molecule has 9 nitrogen and oxygen atoms in total. The zero-order valence-corrected chi connectivity index (χ0v) is 21.7. The zero-order chi connectivity index (χ0) is 27.0. The van der Waals surface area contributed by atoms with Crippen LogP contribution in [0, 0.1) is 0 Å². The van der Waals surface area contributed by atoms with Crippen molar-refractivity contribution in [3.63, 3.8) is 0 Å². The number of ether oxygens (including phenoxy) is 2. The molecule has 39 heavy (non-hydrogen) atoms. The number of nitrogens with zero attached hydrogens (tertiary/aromatic N) is 3. The molecule has 0 radical (unpaired) electrons. The lowest BCUT2D eigenvalue weighted by atomic mass is 10.1. The number of likely N-dealkylation sites (tertiary alicyclic amines) is 1. The van der Waals surface area contributed by atoms with Gasteiger partial charge >= 0.3 is 0 Å². The Kier molecular flexibility index (Phi) is 8.30. The molecule has 1 fully saturated rings. The number of carbonyl (C=O) groups is 1. The van der Waals surface area contributed by atoms with E-state index in [0.717, 1.165) is 30.8 Å². The molecule has 1 aliphatic rings. The van der Waals surface area contributed by atoms with E-state index < -0.39 is 0 Å². The number of amides is 1. The topological polar surface area (TPSA) is 109 Å². The lowest BCUT2D eigenvalue weighted by Gasteiger charge is -2.17. The van der Waals surface area contributed by atoms with E-state index in [2.05, 4.69) is 32.5 Å². The summed E-state index contributed by atoms with van der Waals surface area (Å²) in [4.78, 5) is 23.9. The van der Waals surface area contributed by atoms with Gasteiger partial charge in [-0.2, -0.15) is 0 Å². The van der Waals surface area contributed by atoms with Crippen molar-refractivity contribution in [2.75, 3.05) is 37.4 Å². The first-order valence-corrected chi connectivity index (χ1v) is 12.9. The highest BCUT2D eigenvalue weighted by Crippen LogP contribution is 2.38. The molecule has 4 aromatic rings. The summed E-state index contributed by atoms with van der Waals surface area (Å²) in [5.41, 5.74) is 1.88. The van der Waals surface area contributed by atoms with E-state index in [1.807, 2.05) is 60.7 Å². The quantitative estimate of drug-likeness (QED) is 0.245. The number of benzene rings is 3. The molecule has 0 spiro atoms. The Balaban J connectivity index is 1.40. The van der Waals surface area contributed by atoms with Gasteiger partial charge in [0.2, 0.25) is 5.91 Å². The Bertz CT molecular complexity index is 1440. The molecule has 3 N–H and O–H groups in total. The molecule has 5 rings (SSSR count). The van der Waals surface area contributed by atoms with Crippen LogP contribution in [0.4, 0.5) is 17.2 Å². The molecule has 1 amide bonds. The molecule has 1 saturated heterocycles. The van der Waals surface area contributed by atoms with Crippen molar-refractivity contribution < 1.29 is 19.4 Å². The molecule has 0 unspecified atom stereocenters. The second-order valence-electron chi connectivity index (χ2n) is 9.23. The lowest BCUT2D eigenvalue weighted by Crippen LogP contribution is -2.23. The van der Waals surface area contributed by atoms with E-state index in [1.54, 1.807) is 18.2 Å². The fraction of sp³-hybridized carbons (Fsp3) is 0.233. The van der Waals surface area contributed by atoms with E-state index in [0.29, 0.717) is 33.9 Å². The number of nitrogens with one attached hydrogen (secondary N) is 2. The lowest BCUT2D eigenvalue weighted by molar-refractivity contribution is -0.111. The van der Waals surface area contributed by atoms with E-state index in [-0.39, 0.29) is 25.2 Å². The van der Waals surface area contributed by atoms with Gasteiger partial charge in [-0.05, 0) is 75.0 Å². The smallest absolute Gasteiger partial charge is 0.248 e. The summed E-state index contributed by atoms with van der Waals surface area (Å²) < 4.78 is 11.8. The van der Waals surface area contributed by atoms with Crippen LogP contribution in [-0.2, 0) is 4.79 Å². The Morgan fingerprint density at radius 3 is 2.62 bits per heavy atom. The molecule has 0 bridgehead atoms. The first-order chi connectivity index (χ1) is 19.1. The van der Waals surface area contributed by atoms with Crippen molar-refractivity contribution in [2.45, 2.75) is 18.9 Å². The summed E-state index contributed by atoms with van der Waals surface area (Å²) >= 11 is 0. The molecule has 3 aromatic carbocycles. The second kappa shape index (κ2) is 12.4. The SMILES string of the molecule is CN1CCC[C@@H]1/C=C/C(=O)Nc1ccc2ncnc(Nc3ccc(Oc4ccccc4)cc3)c2c1OCCO. The molecular formula is C30H31N5O4. The number of aromatic nitrogens is 2. The fourth-order valence-electron chi connectivity index (χ4n) is 4.53. The molecule has 200 valence electrons. The largest absolute Gasteiger partial charge is 0.488 e. The van der Waals surface area contributed by atoms with Crippen molar-refractivity contribution in [3.05, 3.63) is 85.2 Å². The first-order valence-electron chi connectivity index (χ1n) is 12.9. The fourth-order valence-corrected chi connectivity index (χ4v) is 4.53. The van der Waals surface area contributed by atoms with E-state index in [1.165, 1.54) is 6.33 Å². The Hall–Kier alpha value is -4.47. The molecule has 0 saturated carbocycles. The van der Waals surface area contributed by atoms with Crippen LogP contribution in [0.5, 0.6) is 17.2 Å². The van der Waals surface area contributed by atoms with Crippen molar-refractivity contribution in [1.82, 2.24) is 14.9 Å². The molecule has 1 atom stereocenters. The third-order valence-electron chi connectivity index (χ3n) is 6.49. The molecule has 1 aliphatic heterocycles. The maximum atomic E-state index is 12.8. The molecule has 0 aliphatic carbocycles. The molecule has 1 aromatic heterocycles. The number of hydrogen-bond acceptors (Lipinski definition) is 8. The molecule has 9 heteroatoms. The number of aliphatic hydroxyl groups is 1. The van der Waals surface area contributed by atoms with Crippen LogP contribution in [0.3, 0.4) is 0 Å². The maximum Gasteiger partial charge on any atom is 0.248 e. The average Bonchev–Trinajstić information content (AvgIpc) is 3.37.